The normalized spacial score (nSPS) is 12.3. The van der Waals surface area contributed by atoms with Crippen LogP contribution in [0.3, 0.4) is 0 Å². The summed E-state index contributed by atoms with van der Waals surface area (Å²) in [5.74, 6) is 1.98. The molecule has 0 N–H and O–H groups in total. The predicted octanol–water partition coefficient (Wildman–Crippen LogP) is 5.91. The molecule has 3 aromatic rings. The van der Waals surface area contributed by atoms with Crippen LogP contribution in [0.15, 0.2) is 57.4 Å². The maximum Gasteiger partial charge on any atom is 0.282 e. The van der Waals surface area contributed by atoms with Gasteiger partial charge in [-0.2, -0.15) is 9.78 Å². The van der Waals surface area contributed by atoms with E-state index in [1.165, 1.54) is 4.68 Å². The van der Waals surface area contributed by atoms with Crippen LogP contribution in [0.5, 0.6) is 11.5 Å². The van der Waals surface area contributed by atoms with Crippen LogP contribution in [-0.4, -0.2) is 28.6 Å². The monoisotopic (exact) mass is 511 g/mol. The van der Waals surface area contributed by atoms with Crippen LogP contribution < -0.4 is 15.0 Å². The molecule has 0 aliphatic carbocycles. The van der Waals surface area contributed by atoms with Crippen molar-refractivity contribution >= 4 is 33.0 Å². The lowest BCUT2D eigenvalue weighted by atomic mass is 10.1. The summed E-state index contributed by atoms with van der Waals surface area (Å²) < 4.78 is 14.3. The molecule has 174 valence electrons. The van der Waals surface area contributed by atoms with Crippen molar-refractivity contribution in [2.45, 2.75) is 53.1 Å². The number of allylic oxidation sites excluding steroid dienone is 1. The number of ether oxygens (including phenoxy) is 2. The Morgan fingerprint density at radius 1 is 1.24 bits per heavy atom. The van der Waals surface area contributed by atoms with Gasteiger partial charge in [-0.3, -0.25) is 4.79 Å². The molecule has 0 bridgehead atoms. The molecule has 3 rings (SSSR count). The van der Waals surface area contributed by atoms with Gasteiger partial charge in [0.1, 0.15) is 5.82 Å². The molecule has 0 saturated heterocycles. The fraction of sp³-hybridized carbons (Fsp3) is 0.346. The van der Waals surface area contributed by atoms with Crippen molar-refractivity contribution in [2.24, 2.45) is 5.10 Å². The van der Waals surface area contributed by atoms with Gasteiger partial charge < -0.3 is 9.47 Å². The average Bonchev–Trinajstić information content (AvgIpc) is 2.80. The minimum Gasteiger partial charge on any atom is -0.490 e. The molecule has 0 spiro atoms. The van der Waals surface area contributed by atoms with E-state index >= 15 is 0 Å². The largest absolute Gasteiger partial charge is 0.490 e. The minimum absolute atomic E-state index is 0.0565. The molecule has 0 unspecified atom stereocenters. The number of nitrogens with zero attached hydrogens (tertiary/aromatic N) is 3. The van der Waals surface area contributed by atoms with E-state index in [0.29, 0.717) is 41.9 Å². The highest BCUT2D eigenvalue weighted by Crippen LogP contribution is 2.34. The highest BCUT2D eigenvalue weighted by molar-refractivity contribution is 9.10. The molecule has 2 aromatic carbocycles. The molecular formula is C26H30BrN3O3. The molecule has 1 heterocycles. The lowest BCUT2D eigenvalue weighted by Gasteiger charge is -2.20. The molecule has 6 nitrogen and oxygen atoms in total. The Morgan fingerprint density at radius 3 is 2.70 bits per heavy atom. The van der Waals surface area contributed by atoms with Crippen LogP contribution in [0.4, 0.5) is 0 Å². The zero-order valence-electron chi connectivity index (χ0n) is 19.6. The van der Waals surface area contributed by atoms with Crippen molar-refractivity contribution in [1.82, 2.24) is 9.66 Å². The third kappa shape index (κ3) is 5.71. The van der Waals surface area contributed by atoms with Gasteiger partial charge in [0, 0.05) is 16.5 Å². The van der Waals surface area contributed by atoms with Crippen molar-refractivity contribution in [3.8, 4) is 11.5 Å². The Balaban J connectivity index is 2.11. The van der Waals surface area contributed by atoms with Crippen LogP contribution in [-0.2, 0) is 12.8 Å². The molecule has 0 radical (unpaired) electrons. The summed E-state index contributed by atoms with van der Waals surface area (Å²) in [6.07, 6.45) is 5.64. The highest BCUT2D eigenvalue weighted by Gasteiger charge is 2.16. The lowest BCUT2D eigenvalue weighted by Crippen LogP contribution is -2.22. The molecule has 7 heteroatoms. The van der Waals surface area contributed by atoms with E-state index in [1.807, 2.05) is 51.1 Å². The summed E-state index contributed by atoms with van der Waals surface area (Å²) in [6.45, 7) is 12.4. The fourth-order valence-corrected chi connectivity index (χ4v) is 3.77. The number of hydrogen-bond donors (Lipinski definition) is 0. The Hall–Kier alpha value is -2.93. The third-order valence-corrected chi connectivity index (χ3v) is 5.72. The molecule has 0 fully saturated rings. The maximum atomic E-state index is 13.2. The van der Waals surface area contributed by atoms with Gasteiger partial charge in [-0.05, 0) is 62.6 Å². The van der Waals surface area contributed by atoms with Gasteiger partial charge in [0.05, 0.1) is 29.8 Å². The minimum atomic E-state index is -0.206. The zero-order valence-corrected chi connectivity index (χ0v) is 21.2. The van der Waals surface area contributed by atoms with E-state index in [2.05, 4.69) is 39.5 Å². The first-order valence-electron chi connectivity index (χ1n) is 11.2. The van der Waals surface area contributed by atoms with Crippen LogP contribution in [0.25, 0.3) is 10.9 Å². The Kier molecular flexibility index (Phi) is 8.44. The standard InChI is InChI=1S/C26H30BrN3O3/c1-6-10-19-13-18(14-23(32-9-4)25(19)33-17(5)7-2)16-28-30-24(8-3)29-22-12-11-20(27)15-21(22)26(30)31/h6,11-17H,1,7-10H2,2-5H3/t17-/m1/s1. The SMILES string of the molecule is C=CCc1cc(C=Nn2c(CC)nc3ccc(Br)cc3c2=O)cc(OCC)c1O[C@H](C)CC. The summed E-state index contributed by atoms with van der Waals surface area (Å²) in [6, 6.07) is 9.36. The topological polar surface area (TPSA) is 65.7 Å². The number of hydrogen-bond acceptors (Lipinski definition) is 5. The molecule has 0 amide bonds. The van der Waals surface area contributed by atoms with E-state index in [0.717, 1.165) is 27.8 Å². The van der Waals surface area contributed by atoms with E-state index in [9.17, 15) is 4.79 Å². The first kappa shape index (κ1) is 24.7. The molecule has 0 aliphatic heterocycles. The van der Waals surface area contributed by atoms with Crippen LogP contribution in [0.1, 0.15) is 51.1 Å². The molecule has 1 aromatic heterocycles. The van der Waals surface area contributed by atoms with Gasteiger partial charge >= 0.3 is 0 Å². The second-order valence-corrected chi connectivity index (χ2v) is 8.59. The lowest BCUT2D eigenvalue weighted by molar-refractivity contribution is 0.201. The second kappa shape index (κ2) is 11.3. The number of benzene rings is 2. The second-order valence-electron chi connectivity index (χ2n) is 7.67. The number of fused-ring (bicyclic) bond motifs is 1. The van der Waals surface area contributed by atoms with Gasteiger partial charge in [0.2, 0.25) is 0 Å². The van der Waals surface area contributed by atoms with E-state index in [4.69, 9.17) is 9.47 Å². The summed E-state index contributed by atoms with van der Waals surface area (Å²) in [7, 11) is 0. The summed E-state index contributed by atoms with van der Waals surface area (Å²) >= 11 is 3.43. The fourth-order valence-electron chi connectivity index (χ4n) is 3.41. The number of rotatable bonds is 10. The van der Waals surface area contributed by atoms with Crippen molar-refractivity contribution < 1.29 is 9.47 Å². The highest BCUT2D eigenvalue weighted by atomic mass is 79.9. The Morgan fingerprint density at radius 2 is 2.03 bits per heavy atom. The van der Waals surface area contributed by atoms with Crippen molar-refractivity contribution in [1.29, 1.82) is 0 Å². The smallest absolute Gasteiger partial charge is 0.282 e. The number of aromatic nitrogens is 2. The number of aryl methyl sites for hydroxylation is 1. The van der Waals surface area contributed by atoms with Gasteiger partial charge in [-0.15, -0.1) is 6.58 Å². The maximum absolute atomic E-state index is 13.2. The molecule has 0 aliphatic rings. The van der Waals surface area contributed by atoms with Crippen LogP contribution in [0, 0.1) is 0 Å². The first-order valence-corrected chi connectivity index (χ1v) is 12.0. The van der Waals surface area contributed by atoms with E-state index in [1.54, 1.807) is 12.3 Å². The summed E-state index contributed by atoms with van der Waals surface area (Å²) in [5.41, 5.74) is 2.21. The van der Waals surface area contributed by atoms with Crippen molar-refractivity contribution in [3.63, 3.8) is 0 Å². The average molecular weight is 512 g/mol. The van der Waals surface area contributed by atoms with Crippen molar-refractivity contribution in [2.75, 3.05) is 6.61 Å². The first-order chi connectivity index (χ1) is 15.9. The molecule has 0 saturated carbocycles. The summed E-state index contributed by atoms with van der Waals surface area (Å²) in [4.78, 5) is 17.8. The third-order valence-electron chi connectivity index (χ3n) is 5.23. The van der Waals surface area contributed by atoms with Gasteiger partial charge in [-0.25, -0.2) is 4.98 Å². The van der Waals surface area contributed by atoms with Gasteiger partial charge in [0.25, 0.3) is 5.56 Å². The van der Waals surface area contributed by atoms with Gasteiger partial charge in [0.15, 0.2) is 11.5 Å². The van der Waals surface area contributed by atoms with E-state index < -0.39 is 0 Å². The number of halogens is 1. The molecule has 1 atom stereocenters. The Bertz CT molecular complexity index is 1230. The quantitative estimate of drug-likeness (QED) is 0.250. The molecule has 33 heavy (non-hydrogen) atoms. The predicted molar refractivity (Wildman–Crippen MR) is 138 cm³/mol. The Labute approximate surface area is 203 Å². The summed E-state index contributed by atoms with van der Waals surface area (Å²) in [5, 5.41) is 5.03. The van der Waals surface area contributed by atoms with Crippen LogP contribution >= 0.6 is 15.9 Å². The van der Waals surface area contributed by atoms with Crippen LogP contribution in [0.2, 0.25) is 0 Å². The van der Waals surface area contributed by atoms with E-state index in [-0.39, 0.29) is 11.7 Å². The van der Waals surface area contributed by atoms with Crippen molar-refractivity contribution in [3.05, 3.63) is 74.8 Å². The van der Waals surface area contributed by atoms with Gasteiger partial charge in [-0.1, -0.05) is 35.9 Å². The molecular weight excluding hydrogens is 482 g/mol. The zero-order chi connectivity index (χ0) is 24.0.